The minimum Gasteiger partial charge on any atom is -0.481 e. The summed E-state index contributed by atoms with van der Waals surface area (Å²) in [5.74, 6) is -0.641. The standard InChI is InChI=1S/C12H21NO2/c1-9(11(2)4-5-11)13-7-6-12(3,8-13)10(14)15/h9H,4-8H2,1-3H3,(H,14,15). The van der Waals surface area contributed by atoms with Crippen molar-refractivity contribution in [1.29, 1.82) is 0 Å². The lowest BCUT2D eigenvalue weighted by molar-refractivity contribution is -0.147. The van der Waals surface area contributed by atoms with Crippen molar-refractivity contribution in [3.8, 4) is 0 Å². The molecule has 2 fully saturated rings. The predicted molar refractivity (Wildman–Crippen MR) is 58.7 cm³/mol. The highest BCUT2D eigenvalue weighted by Crippen LogP contribution is 2.51. The zero-order valence-corrected chi connectivity index (χ0v) is 9.92. The maximum absolute atomic E-state index is 11.1. The molecular formula is C12H21NO2. The Morgan fingerprint density at radius 3 is 2.33 bits per heavy atom. The number of carboxylic acid groups (broad SMARTS) is 1. The number of carboxylic acids is 1. The van der Waals surface area contributed by atoms with Gasteiger partial charge in [0.1, 0.15) is 0 Å². The second-order valence-corrected chi connectivity index (χ2v) is 5.92. The fourth-order valence-electron chi connectivity index (χ4n) is 2.56. The maximum Gasteiger partial charge on any atom is 0.310 e. The summed E-state index contributed by atoms with van der Waals surface area (Å²) >= 11 is 0. The topological polar surface area (TPSA) is 40.5 Å². The van der Waals surface area contributed by atoms with Gasteiger partial charge in [-0.05, 0) is 45.1 Å². The quantitative estimate of drug-likeness (QED) is 0.776. The molecule has 0 aromatic heterocycles. The lowest BCUT2D eigenvalue weighted by atomic mass is 9.90. The predicted octanol–water partition coefficient (Wildman–Crippen LogP) is 1.97. The van der Waals surface area contributed by atoms with Crippen LogP contribution >= 0.6 is 0 Å². The molecular weight excluding hydrogens is 190 g/mol. The number of aliphatic carboxylic acids is 1. The molecule has 1 aliphatic carbocycles. The van der Waals surface area contributed by atoms with Gasteiger partial charge in [-0.25, -0.2) is 0 Å². The summed E-state index contributed by atoms with van der Waals surface area (Å²) in [6.07, 6.45) is 3.39. The summed E-state index contributed by atoms with van der Waals surface area (Å²) in [6.45, 7) is 8.10. The molecule has 1 aliphatic heterocycles. The van der Waals surface area contributed by atoms with E-state index in [-0.39, 0.29) is 0 Å². The molecule has 1 N–H and O–H groups in total. The molecule has 2 atom stereocenters. The summed E-state index contributed by atoms with van der Waals surface area (Å²) < 4.78 is 0. The van der Waals surface area contributed by atoms with E-state index in [1.165, 1.54) is 12.8 Å². The van der Waals surface area contributed by atoms with Crippen molar-refractivity contribution in [2.24, 2.45) is 10.8 Å². The lowest BCUT2D eigenvalue weighted by Crippen LogP contribution is -2.39. The summed E-state index contributed by atoms with van der Waals surface area (Å²) in [6, 6.07) is 0.540. The molecule has 0 bridgehead atoms. The van der Waals surface area contributed by atoms with E-state index < -0.39 is 11.4 Å². The third-order valence-corrected chi connectivity index (χ3v) is 4.61. The van der Waals surface area contributed by atoms with Crippen LogP contribution in [0.1, 0.15) is 40.0 Å². The summed E-state index contributed by atoms with van der Waals surface area (Å²) in [4.78, 5) is 13.5. The van der Waals surface area contributed by atoms with Gasteiger partial charge in [-0.1, -0.05) is 6.92 Å². The van der Waals surface area contributed by atoms with E-state index in [1.807, 2.05) is 6.92 Å². The Balaban J connectivity index is 2.01. The van der Waals surface area contributed by atoms with Crippen molar-refractivity contribution in [2.75, 3.05) is 13.1 Å². The molecule has 0 radical (unpaired) electrons. The van der Waals surface area contributed by atoms with Crippen LogP contribution in [0.3, 0.4) is 0 Å². The molecule has 1 heterocycles. The highest BCUT2D eigenvalue weighted by Gasteiger charge is 2.49. The van der Waals surface area contributed by atoms with Gasteiger partial charge >= 0.3 is 5.97 Å². The average Bonchev–Trinajstić information content (AvgIpc) is 2.77. The van der Waals surface area contributed by atoms with Gasteiger partial charge in [0.15, 0.2) is 0 Å². The van der Waals surface area contributed by atoms with Crippen LogP contribution in [0, 0.1) is 10.8 Å². The molecule has 0 amide bonds. The Labute approximate surface area is 91.5 Å². The summed E-state index contributed by atoms with van der Waals surface area (Å²) in [7, 11) is 0. The van der Waals surface area contributed by atoms with E-state index in [4.69, 9.17) is 5.11 Å². The van der Waals surface area contributed by atoms with E-state index in [0.29, 0.717) is 11.5 Å². The van der Waals surface area contributed by atoms with Gasteiger partial charge in [-0.15, -0.1) is 0 Å². The van der Waals surface area contributed by atoms with Crippen molar-refractivity contribution in [2.45, 2.75) is 46.1 Å². The molecule has 15 heavy (non-hydrogen) atoms. The number of hydrogen-bond acceptors (Lipinski definition) is 2. The fourth-order valence-corrected chi connectivity index (χ4v) is 2.56. The lowest BCUT2D eigenvalue weighted by Gasteiger charge is -2.30. The van der Waals surface area contributed by atoms with Crippen LogP contribution in [-0.2, 0) is 4.79 Å². The van der Waals surface area contributed by atoms with Crippen molar-refractivity contribution in [3.05, 3.63) is 0 Å². The molecule has 3 heteroatoms. The van der Waals surface area contributed by atoms with E-state index >= 15 is 0 Å². The SMILES string of the molecule is CC(N1CCC(C)(C(=O)O)C1)C1(C)CC1. The highest BCUT2D eigenvalue weighted by molar-refractivity contribution is 5.74. The molecule has 86 valence electrons. The Kier molecular flexibility index (Phi) is 2.34. The third-order valence-electron chi connectivity index (χ3n) is 4.61. The number of hydrogen-bond donors (Lipinski definition) is 1. The number of rotatable bonds is 3. The number of likely N-dealkylation sites (tertiary alicyclic amines) is 1. The van der Waals surface area contributed by atoms with E-state index in [9.17, 15) is 4.79 Å². The first-order valence-electron chi connectivity index (χ1n) is 5.85. The average molecular weight is 211 g/mol. The van der Waals surface area contributed by atoms with Gasteiger partial charge in [0.2, 0.25) is 0 Å². The van der Waals surface area contributed by atoms with Crippen molar-refractivity contribution >= 4 is 5.97 Å². The molecule has 2 aliphatic rings. The second kappa shape index (κ2) is 3.21. The molecule has 0 aromatic rings. The van der Waals surface area contributed by atoms with Crippen molar-refractivity contribution in [1.82, 2.24) is 4.90 Å². The Hall–Kier alpha value is -0.570. The molecule has 3 nitrogen and oxygen atoms in total. The van der Waals surface area contributed by atoms with Crippen molar-refractivity contribution < 1.29 is 9.90 Å². The molecule has 0 spiro atoms. The highest BCUT2D eigenvalue weighted by atomic mass is 16.4. The van der Waals surface area contributed by atoms with Gasteiger partial charge in [-0.3, -0.25) is 9.69 Å². The second-order valence-electron chi connectivity index (χ2n) is 5.92. The fraction of sp³-hybridized carbons (Fsp3) is 0.917. The molecule has 1 saturated carbocycles. The van der Waals surface area contributed by atoms with Gasteiger partial charge < -0.3 is 5.11 Å². The normalized spacial score (nSPS) is 36.5. The first-order valence-corrected chi connectivity index (χ1v) is 5.85. The Bertz CT molecular complexity index is 285. The largest absolute Gasteiger partial charge is 0.481 e. The van der Waals surface area contributed by atoms with Crippen LogP contribution in [0.2, 0.25) is 0 Å². The number of nitrogens with zero attached hydrogens (tertiary/aromatic N) is 1. The summed E-state index contributed by atoms with van der Waals surface area (Å²) in [5, 5.41) is 9.16. The minimum absolute atomic E-state index is 0.462. The molecule has 2 rings (SSSR count). The Morgan fingerprint density at radius 2 is 1.93 bits per heavy atom. The monoisotopic (exact) mass is 211 g/mol. The van der Waals surface area contributed by atoms with Gasteiger partial charge in [-0.2, -0.15) is 0 Å². The maximum atomic E-state index is 11.1. The van der Waals surface area contributed by atoms with Gasteiger partial charge in [0.05, 0.1) is 5.41 Å². The van der Waals surface area contributed by atoms with Crippen LogP contribution in [0.4, 0.5) is 0 Å². The molecule has 0 aromatic carbocycles. The first kappa shape index (κ1) is 10.9. The van der Waals surface area contributed by atoms with E-state index in [0.717, 1.165) is 19.5 Å². The van der Waals surface area contributed by atoms with Crippen LogP contribution in [0.5, 0.6) is 0 Å². The van der Waals surface area contributed by atoms with Crippen LogP contribution < -0.4 is 0 Å². The van der Waals surface area contributed by atoms with Gasteiger partial charge in [0.25, 0.3) is 0 Å². The van der Waals surface area contributed by atoms with Crippen LogP contribution in [0.25, 0.3) is 0 Å². The first-order chi connectivity index (χ1) is 6.87. The zero-order valence-electron chi connectivity index (χ0n) is 9.92. The third kappa shape index (κ3) is 1.78. The molecule has 1 saturated heterocycles. The van der Waals surface area contributed by atoms with E-state index in [2.05, 4.69) is 18.7 Å². The summed E-state index contributed by atoms with van der Waals surface area (Å²) in [5.41, 5.74) is -0.0523. The molecule has 2 unspecified atom stereocenters. The van der Waals surface area contributed by atoms with Crippen molar-refractivity contribution in [3.63, 3.8) is 0 Å². The van der Waals surface area contributed by atoms with Gasteiger partial charge in [0, 0.05) is 12.6 Å². The smallest absolute Gasteiger partial charge is 0.310 e. The van der Waals surface area contributed by atoms with Crippen LogP contribution in [0.15, 0.2) is 0 Å². The zero-order chi connectivity index (χ0) is 11.3. The minimum atomic E-state index is -0.641. The van der Waals surface area contributed by atoms with Crippen LogP contribution in [-0.4, -0.2) is 35.1 Å². The number of carbonyl (C=O) groups is 1. The van der Waals surface area contributed by atoms with E-state index in [1.54, 1.807) is 0 Å². The Morgan fingerprint density at radius 1 is 1.33 bits per heavy atom.